The van der Waals surface area contributed by atoms with Crippen molar-refractivity contribution in [2.45, 2.75) is 19.4 Å². The summed E-state index contributed by atoms with van der Waals surface area (Å²) in [5, 5.41) is 13.1. The molecule has 0 fully saturated rings. The van der Waals surface area contributed by atoms with E-state index in [0.717, 1.165) is 11.4 Å². The maximum absolute atomic E-state index is 9.96. The highest BCUT2D eigenvalue weighted by atomic mass is 32.2. The van der Waals surface area contributed by atoms with E-state index in [1.807, 2.05) is 19.2 Å². The summed E-state index contributed by atoms with van der Waals surface area (Å²) in [7, 11) is 0. The molecule has 1 unspecified atom stereocenters. The highest BCUT2D eigenvalue weighted by molar-refractivity contribution is 7.98. The van der Waals surface area contributed by atoms with Gasteiger partial charge >= 0.3 is 0 Å². The third kappa shape index (κ3) is 3.90. The minimum Gasteiger partial charge on any atom is -0.397 e. The second-order valence-corrected chi connectivity index (χ2v) is 5.08. The SMILES string of the molecule is CSCC(C)(O)CNc1cc(C)c(N)cn1. The van der Waals surface area contributed by atoms with Crippen molar-refractivity contribution < 1.29 is 5.11 Å². The fraction of sp³-hybridized carbons (Fsp3) is 0.545. The minimum absolute atomic E-state index is 0.476. The second-order valence-electron chi connectivity index (χ2n) is 4.21. The molecule has 0 bridgehead atoms. The van der Waals surface area contributed by atoms with Gasteiger partial charge in [0.15, 0.2) is 0 Å². The van der Waals surface area contributed by atoms with Crippen molar-refractivity contribution in [3.63, 3.8) is 0 Å². The largest absolute Gasteiger partial charge is 0.397 e. The normalized spacial score (nSPS) is 14.5. The fourth-order valence-electron chi connectivity index (χ4n) is 1.31. The molecule has 0 aliphatic rings. The van der Waals surface area contributed by atoms with Crippen molar-refractivity contribution >= 4 is 23.3 Å². The van der Waals surface area contributed by atoms with E-state index in [-0.39, 0.29) is 0 Å². The van der Waals surface area contributed by atoms with Crippen LogP contribution < -0.4 is 11.1 Å². The third-order valence-corrected chi connectivity index (χ3v) is 3.17. The Kier molecular flexibility index (Phi) is 4.44. The number of anilines is 2. The number of aryl methyl sites for hydroxylation is 1. The van der Waals surface area contributed by atoms with Crippen LogP contribution in [0.3, 0.4) is 0 Å². The highest BCUT2D eigenvalue weighted by Crippen LogP contribution is 2.15. The summed E-state index contributed by atoms with van der Waals surface area (Å²) >= 11 is 1.62. The number of hydrogen-bond donors (Lipinski definition) is 3. The van der Waals surface area contributed by atoms with Crippen molar-refractivity contribution in [2.75, 3.05) is 29.6 Å². The predicted octanol–water partition coefficient (Wildman–Crippen LogP) is 1.50. The molecule has 0 saturated carbocycles. The Morgan fingerprint density at radius 3 is 2.88 bits per heavy atom. The van der Waals surface area contributed by atoms with Crippen LogP contribution in [0.25, 0.3) is 0 Å². The van der Waals surface area contributed by atoms with Crippen LogP contribution in [0.2, 0.25) is 0 Å². The van der Waals surface area contributed by atoms with Crippen LogP contribution in [0, 0.1) is 6.92 Å². The van der Waals surface area contributed by atoms with E-state index in [1.54, 1.807) is 24.9 Å². The summed E-state index contributed by atoms with van der Waals surface area (Å²) in [4.78, 5) is 4.15. The molecule has 0 aliphatic heterocycles. The molecule has 1 heterocycles. The molecule has 4 N–H and O–H groups in total. The number of nitrogens with two attached hydrogens (primary N) is 1. The zero-order valence-corrected chi connectivity index (χ0v) is 10.8. The number of pyridine rings is 1. The lowest BCUT2D eigenvalue weighted by Gasteiger charge is -2.22. The molecule has 0 saturated heterocycles. The van der Waals surface area contributed by atoms with Gasteiger partial charge in [0.25, 0.3) is 0 Å². The van der Waals surface area contributed by atoms with Gasteiger partial charge in [-0.05, 0) is 31.7 Å². The van der Waals surface area contributed by atoms with Crippen molar-refractivity contribution in [3.8, 4) is 0 Å². The number of nitrogens with one attached hydrogen (secondary N) is 1. The Labute approximate surface area is 101 Å². The summed E-state index contributed by atoms with van der Waals surface area (Å²) in [6.45, 7) is 4.22. The van der Waals surface area contributed by atoms with Gasteiger partial charge in [-0.1, -0.05) is 0 Å². The number of nitrogens with zero attached hydrogens (tertiary/aromatic N) is 1. The first kappa shape index (κ1) is 13.1. The first-order valence-corrected chi connectivity index (χ1v) is 6.51. The van der Waals surface area contributed by atoms with Crippen molar-refractivity contribution in [2.24, 2.45) is 0 Å². The Morgan fingerprint density at radius 2 is 2.31 bits per heavy atom. The van der Waals surface area contributed by atoms with Gasteiger partial charge in [-0.25, -0.2) is 4.98 Å². The molecule has 0 aromatic carbocycles. The molecular weight excluding hydrogens is 222 g/mol. The van der Waals surface area contributed by atoms with Gasteiger partial charge in [-0.3, -0.25) is 0 Å². The number of thioether (sulfide) groups is 1. The molecular formula is C11H19N3OS. The van der Waals surface area contributed by atoms with Crippen LogP contribution in [-0.2, 0) is 0 Å². The summed E-state index contributed by atoms with van der Waals surface area (Å²) < 4.78 is 0. The molecule has 0 amide bonds. The standard InChI is InChI=1S/C11H19N3OS/c1-8-4-10(13-5-9(8)12)14-6-11(2,15)7-16-3/h4-5,15H,6-7,12H2,1-3H3,(H,13,14). The van der Waals surface area contributed by atoms with Gasteiger partial charge in [-0.15, -0.1) is 0 Å². The Morgan fingerprint density at radius 1 is 1.62 bits per heavy atom. The second kappa shape index (κ2) is 5.41. The molecule has 5 heteroatoms. The topological polar surface area (TPSA) is 71.2 Å². The van der Waals surface area contributed by atoms with Crippen LogP contribution in [0.4, 0.5) is 11.5 Å². The molecule has 4 nitrogen and oxygen atoms in total. The molecule has 1 aromatic rings. The first-order valence-electron chi connectivity index (χ1n) is 5.12. The average molecular weight is 241 g/mol. The van der Waals surface area contributed by atoms with E-state index in [0.29, 0.717) is 18.0 Å². The lowest BCUT2D eigenvalue weighted by atomic mass is 10.1. The molecule has 1 aromatic heterocycles. The van der Waals surface area contributed by atoms with Gasteiger partial charge < -0.3 is 16.2 Å². The maximum Gasteiger partial charge on any atom is 0.126 e. The molecule has 0 radical (unpaired) electrons. The van der Waals surface area contributed by atoms with Crippen LogP contribution in [0.5, 0.6) is 0 Å². The van der Waals surface area contributed by atoms with Gasteiger partial charge in [0.05, 0.1) is 17.5 Å². The maximum atomic E-state index is 9.96. The van der Waals surface area contributed by atoms with Crippen LogP contribution in [0.1, 0.15) is 12.5 Å². The van der Waals surface area contributed by atoms with Gasteiger partial charge in [-0.2, -0.15) is 11.8 Å². The zero-order valence-electron chi connectivity index (χ0n) is 9.95. The summed E-state index contributed by atoms with van der Waals surface area (Å²) in [6, 6.07) is 1.88. The highest BCUT2D eigenvalue weighted by Gasteiger charge is 2.19. The van der Waals surface area contributed by atoms with E-state index in [9.17, 15) is 5.11 Å². The monoisotopic (exact) mass is 241 g/mol. The molecule has 0 aliphatic carbocycles. The molecule has 16 heavy (non-hydrogen) atoms. The van der Waals surface area contributed by atoms with E-state index in [1.165, 1.54) is 0 Å². The Hall–Kier alpha value is -0.940. The smallest absolute Gasteiger partial charge is 0.126 e. The minimum atomic E-state index is -0.726. The van der Waals surface area contributed by atoms with Crippen LogP contribution in [0.15, 0.2) is 12.3 Å². The average Bonchev–Trinajstić information content (AvgIpc) is 2.20. The molecule has 90 valence electrons. The predicted molar refractivity (Wildman–Crippen MR) is 70.9 cm³/mol. The number of hydrogen-bond acceptors (Lipinski definition) is 5. The lowest BCUT2D eigenvalue weighted by Crippen LogP contribution is -2.36. The van der Waals surface area contributed by atoms with Crippen molar-refractivity contribution in [1.82, 2.24) is 4.98 Å². The molecule has 0 spiro atoms. The molecule has 1 atom stereocenters. The number of aliphatic hydroxyl groups is 1. The van der Waals surface area contributed by atoms with Crippen LogP contribution >= 0.6 is 11.8 Å². The van der Waals surface area contributed by atoms with E-state index >= 15 is 0 Å². The number of rotatable bonds is 5. The third-order valence-electron chi connectivity index (χ3n) is 2.26. The van der Waals surface area contributed by atoms with E-state index in [2.05, 4.69) is 10.3 Å². The van der Waals surface area contributed by atoms with Gasteiger partial charge in [0.2, 0.25) is 0 Å². The molecule has 1 rings (SSSR count). The number of nitrogen functional groups attached to an aromatic ring is 1. The Balaban J connectivity index is 2.57. The summed E-state index contributed by atoms with van der Waals surface area (Å²) in [5.41, 5.74) is 6.62. The summed E-state index contributed by atoms with van der Waals surface area (Å²) in [6.07, 6.45) is 3.60. The fourth-order valence-corrected chi connectivity index (χ4v) is 2.03. The zero-order chi connectivity index (χ0) is 12.2. The van der Waals surface area contributed by atoms with Crippen molar-refractivity contribution in [1.29, 1.82) is 0 Å². The van der Waals surface area contributed by atoms with Gasteiger partial charge in [0, 0.05) is 12.3 Å². The van der Waals surface area contributed by atoms with E-state index in [4.69, 9.17) is 5.73 Å². The van der Waals surface area contributed by atoms with Gasteiger partial charge in [0.1, 0.15) is 5.82 Å². The van der Waals surface area contributed by atoms with Crippen LogP contribution in [-0.4, -0.2) is 34.2 Å². The quantitative estimate of drug-likeness (QED) is 0.728. The lowest BCUT2D eigenvalue weighted by molar-refractivity contribution is 0.0996. The summed E-state index contributed by atoms with van der Waals surface area (Å²) in [5.74, 6) is 1.43. The van der Waals surface area contributed by atoms with E-state index < -0.39 is 5.60 Å². The Bertz CT molecular complexity index is 355. The van der Waals surface area contributed by atoms with Crippen molar-refractivity contribution in [3.05, 3.63) is 17.8 Å². The number of aromatic nitrogens is 1. The first-order chi connectivity index (χ1) is 7.44.